The number of ether oxygens (including phenoxy) is 1. The first kappa shape index (κ1) is 18.4. The van der Waals surface area contributed by atoms with E-state index in [2.05, 4.69) is 5.10 Å². The van der Waals surface area contributed by atoms with Gasteiger partial charge in [0.2, 0.25) is 0 Å². The Kier molecular flexibility index (Phi) is 5.58. The van der Waals surface area contributed by atoms with E-state index in [1.54, 1.807) is 41.2 Å². The van der Waals surface area contributed by atoms with Crippen molar-refractivity contribution >= 4 is 23.5 Å². The third-order valence-corrected chi connectivity index (χ3v) is 4.78. The number of aromatic nitrogens is 2. The number of aryl methyl sites for hydroxylation is 1. The number of halogens is 1. The number of benzene rings is 1. The Bertz CT molecular complexity index is 782. The number of hydrogen-bond donors (Lipinski definition) is 0. The number of carbonyl (C=O) groups excluding carboxylic acids is 2. The fourth-order valence-corrected chi connectivity index (χ4v) is 3.28. The molecule has 7 nitrogen and oxygen atoms in total. The average molecular weight is 377 g/mol. The molecule has 3 rings (SSSR count). The highest BCUT2D eigenvalue weighted by molar-refractivity contribution is 6.30. The van der Waals surface area contributed by atoms with E-state index in [0.717, 1.165) is 5.56 Å². The van der Waals surface area contributed by atoms with Gasteiger partial charge in [-0.1, -0.05) is 23.7 Å². The Balaban J connectivity index is 1.70. The second-order valence-electron chi connectivity index (χ2n) is 6.21. The summed E-state index contributed by atoms with van der Waals surface area (Å²) in [7, 11) is 3.16. The van der Waals surface area contributed by atoms with Crippen LogP contribution in [-0.2, 0) is 16.6 Å². The van der Waals surface area contributed by atoms with Crippen LogP contribution in [0.3, 0.4) is 0 Å². The Morgan fingerprint density at radius 1 is 1.15 bits per heavy atom. The highest BCUT2D eigenvalue weighted by Gasteiger charge is 2.32. The molecule has 2 heterocycles. The molecule has 0 aliphatic carbocycles. The van der Waals surface area contributed by atoms with Gasteiger partial charge in [0.15, 0.2) is 0 Å². The summed E-state index contributed by atoms with van der Waals surface area (Å²) in [6.45, 7) is 2.23. The Hall–Kier alpha value is -2.38. The zero-order valence-electron chi connectivity index (χ0n) is 14.8. The van der Waals surface area contributed by atoms with Gasteiger partial charge in [-0.3, -0.25) is 14.4 Å². The highest BCUT2D eigenvalue weighted by Crippen LogP contribution is 2.25. The van der Waals surface area contributed by atoms with Crippen LogP contribution < -0.4 is 0 Å². The summed E-state index contributed by atoms with van der Waals surface area (Å²) in [5, 5.41) is 4.66. The zero-order chi connectivity index (χ0) is 18.7. The lowest BCUT2D eigenvalue weighted by molar-refractivity contribution is -0.148. The van der Waals surface area contributed by atoms with Crippen LogP contribution in [0, 0.1) is 0 Å². The molecule has 0 radical (unpaired) electrons. The zero-order valence-corrected chi connectivity index (χ0v) is 15.5. The van der Waals surface area contributed by atoms with Gasteiger partial charge in [0.25, 0.3) is 5.91 Å². The van der Waals surface area contributed by atoms with Crippen LogP contribution >= 0.6 is 11.6 Å². The van der Waals surface area contributed by atoms with Crippen molar-refractivity contribution in [3.8, 4) is 0 Å². The van der Waals surface area contributed by atoms with E-state index >= 15 is 0 Å². The number of methoxy groups -OCH3 is 1. The van der Waals surface area contributed by atoms with E-state index in [0.29, 0.717) is 36.8 Å². The minimum Gasteiger partial charge on any atom is -0.468 e. The van der Waals surface area contributed by atoms with Crippen LogP contribution in [-0.4, -0.2) is 64.7 Å². The summed E-state index contributed by atoms with van der Waals surface area (Å²) in [6, 6.07) is 6.67. The maximum absolute atomic E-state index is 12.5. The van der Waals surface area contributed by atoms with E-state index in [-0.39, 0.29) is 11.9 Å². The molecule has 0 saturated carbocycles. The second kappa shape index (κ2) is 7.88. The molecular formula is C18H21ClN4O3. The lowest BCUT2D eigenvalue weighted by Gasteiger charge is -2.38. The van der Waals surface area contributed by atoms with Crippen molar-refractivity contribution in [1.82, 2.24) is 19.6 Å². The summed E-state index contributed by atoms with van der Waals surface area (Å²) in [6.07, 6.45) is 3.28. The number of nitrogens with zero attached hydrogens (tertiary/aromatic N) is 4. The standard InChI is InChI=1S/C18H21ClN4O3/c1-21-12-14(11-20-21)17(24)23-9-7-22(8-10-23)16(18(25)26-2)13-3-5-15(19)6-4-13/h3-6,11-12,16H,7-10H2,1-2H3/t16-/m0/s1. The lowest BCUT2D eigenvalue weighted by Crippen LogP contribution is -2.51. The highest BCUT2D eigenvalue weighted by atomic mass is 35.5. The second-order valence-corrected chi connectivity index (χ2v) is 6.64. The van der Waals surface area contributed by atoms with Crippen LogP contribution in [0.25, 0.3) is 0 Å². The molecule has 2 aromatic rings. The lowest BCUT2D eigenvalue weighted by atomic mass is 10.0. The first-order valence-electron chi connectivity index (χ1n) is 8.35. The smallest absolute Gasteiger partial charge is 0.327 e. The predicted octanol–water partition coefficient (Wildman–Crippen LogP) is 1.75. The maximum Gasteiger partial charge on any atom is 0.327 e. The summed E-state index contributed by atoms with van der Waals surface area (Å²) in [5.74, 6) is -0.363. The molecule has 1 atom stereocenters. The van der Waals surface area contributed by atoms with Crippen molar-refractivity contribution < 1.29 is 14.3 Å². The van der Waals surface area contributed by atoms with Crippen LogP contribution in [0.1, 0.15) is 22.0 Å². The van der Waals surface area contributed by atoms with Crippen molar-refractivity contribution in [2.24, 2.45) is 7.05 Å². The Labute approximate surface area is 157 Å². The van der Waals surface area contributed by atoms with Gasteiger partial charge in [-0.05, 0) is 17.7 Å². The van der Waals surface area contributed by atoms with E-state index in [1.165, 1.54) is 7.11 Å². The molecule has 0 spiro atoms. The van der Waals surface area contributed by atoms with Crippen LogP contribution in [0.4, 0.5) is 0 Å². The number of piperazine rings is 1. The normalized spacial score (nSPS) is 16.3. The van der Waals surface area contributed by atoms with Crippen molar-refractivity contribution in [3.05, 3.63) is 52.8 Å². The summed E-state index contributed by atoms with van der Waals surface area (Å²) < 4.78 is 6.60. The van der Waals surface area contributed by atoms with Gasteiger partial charge in [-0.25, -0.2) is 4.79 Å². The number of amides is 1. The largest absolute Gasteiger partial charge is 0.468 e. The monoisotopic (exact) mass is 376 g/mol. The van der Waals surface area contributed by atoms with Crippen molar-refractivity contribution in [2.75, 3.05) is 33.3 Å². The summed E-state index contributed by atoms with van der Waals surface area (Å²) >= 11 is 5.95. The molecule has 8 heteroatoms. The first-order chi connectivity index (χ1) is 12.5. The maximum atomic E-state index is 12.5. The van der Waals surface area contributed by atoms with Crippen LogP contribution in [0.15, 0.2) is 36.7 Å². The van der Waals surface area contributed by atoms with Crippen LogP contribution in [0.2, 0.25) is 5.02 Å². The molecule has 1 saturated heterocycles. The molecule has 1 aromatic carbocycles. The van der Waals surface area contributed by atoms with E-state index < -0.39 is 6.04 Å². The van der Waals surface area contributed by atoms with E-state index in [1.807, 2.05) is 17.0 Å². The van der Waals surface area contributed by atoms with Gasteiger partial charge in [0, 0.05) is 44.4 Å². The molecule has 1 aliphatic rings. The molecule has 1 aromatic heterocycles. The number of hydrogen-bond acceptors (Lipinski definition) is 5. The molecule has 0 unspecified atom stereocenters. The third kappa shape index (κ3) is 3.89. The molecule has 26 heavy (non-hydrogen) atoms. The van der Waals surface area contributed by atoms with Gasteiger partial charge < -0.3 is 9.64 Å². The van der Waals surface area contributed by atoms with E-state index in [4.69, 9.17) is 16.3 Å². The Morgan fingerprint density at radius 2 is 1.81 bits per heavy atom. The van der Waals surface area contributed by atoms with Crippen molar-refractivity contribution in [2.45, 2.75) is 6.04 Å². The average Bonchev–Trinajstić information content (AvgIpc) is 3.09. The summed E-state index contributed by atoms with van der Waals surface area (Å²) in [4.78, 5) is 28.7. The molecule has 1 amide bonds. The first-order valence-corrected chi connectivity index (χ1v) is 8.72. The summed E-state index contributed by atoms with van der Waals surface area (Å²) in [5.41, 5.74) is 1.40. The topological polar surface area (TPSA) is 67.7 Å². The van der Waals surface area contributed by atoms with Gasteiger partial charge in [0.05, 0.1) is 18.9 Å². The quantitative estimate of drug-likeness (QED) is 0.760. The minimum absolute atomic E-state index is 0.0427. The molecule has 0 bridgehead atoms. The predicted molar refractivity (Wildman–Crippen MR) is 96.9 cm³/mol. The van der Waals surface area contributed by atoms with Gasteiger partial charge in [0.1, 0.15) is 6.04 Å². The van der Waals surface area contributed by atoms with Crippen molar-refractivity contribution in [3.63, 3.8) is 0 Å². The Morgan fingerprint density at radius 3 is 2.35 bits per heavy atom. The fraction of sp³-hybridized carbons (Fsp3) is 0.389. The minimum atomic E-state index is -0.507. The van der Waals surface area contributed by atoms with Gasteiger partial charge in [-0.2, -0.15) is 5.10 Å². The van der Waals surface area contributed by atoms with Gasteiger partial charge >= 0.3 is 5.97 Å². The fourth-order valence-electron chi connectivity index (χ4n) is 3.15. The van der Waals surface area contributed by atoms with Gasteiger partial charge in [-0.15, -0.1) is 0 Å². The SMILES string of the molecule is COC(=O)[C@H](c1ccc(Cl)cc1)N1CCN(C(=O)c2cnn(C)c2)CC1. The third-order valence-electron chi connectivity index (χ3n) is 4.53. The molecule has 138 valence electrons. The molecule has 1 fully saturated rings. The van der Waals surface area contributed by atoms with Crippen molar-refractivity contribution in [1.29, 1.82) is 0 Å². The molecule has 0 N–H and O–H groups in total. The number of carbonyl (C=O) groups is 2. The number of rotatable bonds is 4. The number of esters is 1. The van der Waals surface area contributed by atoms with E-state index in [9.17, 15) is 9.59 Å². The molecular weight excluding hydrogens is 356 g/mol. The molecule has 1 aliphatic heterocycles. The van der Waals surface area contributed by atoms with Crippen LogP contribution in [0.5, 0.6) is 0 Å².